The molecule has 0 aliphatic carbocycles. The number of nitro groups is 1. The number of anilines is 1. The molecule has 102 valence electrons. The smallest absolute Gasteiger partial charge is 0.335 e. The minimum atomic E-state index is -1.11. The van der Waals surface area contributed by atoms with Gasteiger partial charge in [0.1, 0.15) is 0 Å². The van der Waals surface area contributed by atoms with E-state index in [1.165, 1.54) is 36.4 Å². The van der Waals surface area contributed by atoms with E-state index < -0.39 is 16.8 Å². The van der Waals surface area contributed by atoms with Gasteiger partial charge in [0.15, 0.2) is 5.69 Å². The first-order valence-corrected chi connectivity index (χ1v) is 5.45. The zero-order valence-electron chi connectivity index (χ0n) is 9.99. The molecule has 0 fully saturated rings. The van der Waals surface area contributed by atoms with Crippen LogP contribution in [0.4, 0.5) is 11.5 Å². The fourth-order valence-corrected chi connectivity index (χ4v) is 1.55. The first-order chi connectivity index (χ1) is 9.47. The van der Waals surface area contributed by atoms with Crippen molar-refractivity contribution in [1.29, 1.82) is 0 Å². The second-order valence-corrected chi connectivity index (χ2v) is 3.85. The lowest BCUT2D eigenvalue weighted by atomic mass is 10.2. The van der Waals surface area contributed by atoms with Crippen molar-refractivity contribution in [3.8, 4) is 0 Å². The number of aromatic carboxylic acids is 1. The second kappa shape index (κ2) is 5.22. The molecule has 1 aromatic carbocycles. The van der Waals surface area contributed by atoms with Crippen LogP contribution in [0.5, 0.6) is 0 Å². The molecule has 2 rings (SSSR count). The van der Waals surface area contributed by atoms with Crippen LogP contribution in [-0.2, 0) is 0 Å². The highest BCUT2D eigenvalue weighted by molar-refractivity contribution is 6.03. The average Bonchev–Trinajstić information content (AvgIpc) is 2.88. The normalized spacial score (nSPS) is 10.0. The molecule has 0 saturated carbocycles. The van der Waals surface area contributed by atoms with Crippen LogP contribution in [0.2, 0.25) is 0 Å². The predicted octanol–water partition coefficient (Wildman–Crippen LogP) is 1.87. The number of rotatable bonds is 4. The largest absolute Gasteiger partial charge is 0.478 e. The maximum atomic E-state index is 11.8. The Balaban J connectivity index is 2.16. The molecule has 0 radical (unpaired) electrons. The van der Waals surface area contributed by atoms with E-state index in [0.717, 1.165) is 0 Å². The van der Waals surface area contributed by atoms with Gasteiger partial charge < -0.3 is 20.5 Å². The van der Waals surface area contributed by atoms with Crippen molar-refractivity contribution in [1.82, 2.24) is 4.98 Å². The fourth-order valence-electron chi connectivity index (χ4n) is 1.55. The number of nitrogens with zero attached hydrogens (tertiary/aromatic N) is 1. The maximum Gasteiger partial charge on any atom is 0.335 e. The van der Waals surface area contributed by atoms with Crippen molar-refractivity contribution in [3.05, 3.63) is 57.8 Å². The fraction of sp³-hybridized carbons (Fsp3) is 0. The third kappa shape index (κ3) is 2.80. The number of carboxylic acids is 1. The molecule has 0 aliphatic rings. The van der Waals surface area contributed by atoms with E-state index in [4.69, 9.17) is 5.11 Å². The van der Waals surface area contributed by atoms with Crippen LogP contribution in [0.25, 0.3) is 0 Å². The van der Waals surface area contributed by atoms with Gasteiger partial charge in [0, 0.05) is 11.8 Å². The van der Waals surface area contributed by atoms with Gasteiger partial charge in [-0.1, -0.05) is 6.07 Å². The van der Waals surface area contributed by atoms with Crippen LogP contribution in [-0.4, -0.2) is 26.9 Å². The lowest BCUT2D eigenvalue weighted by molar-refractivity contribution is -0.389. The Morgan fingerprint density at radius 1 is 1.25 bits per heavy atom. The van der Waals surface area contributed by atoms with E-state index >= 15 is 0 Å². The molecule has 0 aliphatic heterocycles. The minimum absolute atomic E-state index is 0.0115. The molecular weight excluding hydrogens is 266 g/mol. The summed E-state index contributed by atoms with van der Waals surface area (Å²) in [4.78, 5) is 34.8. The Kier molecular flexibility index (Phi) is 3.47. The summed E-state index contributed by atoms with van der Waals surface area (Å²) in [6.45, 7) is 0. The number of benzene rings is 1. The maximum absolute atomic E-state index is 11.8. The van der Waals surface area contributed by atoms with Crippen LogP contribution in [0.15, 0.2) is 36.4 Å². The van der Waals surface area contributed by atoms with Crippen LogP contribution in [0.3, 0.4) is 0 Å². The van der Waals surface area contributed by atoms with Crippen LogP contribution in [0, 0.1) is 10.1 Å². The summed E-state index contributed by atoms with van der Waals surface area (Å²) in [7, 11) is 0. The van der Waals surface area contributed by atoms with Gasteiger partial charge >= 0.3 is 11.8 Å². The Morgan fingerprint density at radius 3 is 2.60 bits per heavy atom. The SMILES string of the molecule is O=C(O)c1cccc(NC(=O)c2ccc([N+](=O)[O-])[nH]2)c1. The lowest BCUT2D eigenvalue weighted by Crippen LogP contribution is -2.12. The summed E-state index contributed by atoms with van der Waals surface area (Å²) >= 11 is 0. The number of aromatic nitrogens is 1. The molecule has 0 atom stereocenters. The molecule has 8 nitrogen and oxygen atoms in total. The lowest BCUT2D eigenvalue weighted by Gasteiger charge is -2.03. The van der Waals surface area contributed by atoms with Crippen molar-refractivity contribution < 1.29 is 19.6 Å². The number of carbonyl (C=O) groups excluding carboxylic acids is 1. The molecule has 0 unspecified atom stereocenters. The number of hydrogen-bond donors (Lipinski definition) is 3. The number of carboxylic acid groups (broad SMARTS) is 1. The number of carbonyl (C=O) groups is 2. The standard InChI is InChI=1S/C12H9N3O5/c16-11(9-4-5-10(14-9)15(19)20)13-8-3-1-2-7(6-8)12(17)18/h1-6,14H,(H,13,16)(H,17,18). The monoisotopic (exact) mass is 275 g/mol. The van der Waals surface area contributed by atoms with E-state index in [1.807, 2.05) is 0 Å². The van der Waals surface area contributed by atoms with E-state index in [0.29, 0.717) is 0 Å². The molecule has 0 bridgehead atoms. The Bertz CT molecular complexity index is 692. The zero-order valence-corrected chi connectivity index (χ0v) is 9.99. The molecular formula is C12H9N3O5. The van der Waals surface area contributed by atoms with Gasteiger partial charge in [0.2, 0.25) is 0 Å². The Hall–Kier alpha value is -3.16. The number of hydrogen-bond acceptors (Lipinski definition) is 4. The third-order valence-electron chi connectivity index (χ3n) is 2.48. The van der Waals surface area contributed by atoms with Crippen LogP contribution < -0.4 is 5.32 Å². The summed E-state index contributed by atoms with van der Waals surface area (Å²) in [5.74, 6) is -2.01. The Morgan fingerprint density at radius 2 is 2.00 bits per heavy atom. The Labute approximate surface area is 112 Å². The molecule has 1 amide bonds. The van der Waals surface area contributed by atoms with E-state index in [1.54, 1.807) is 0 Å². The van der Waals surface area contributed by atoms with Crippen molar-refractivity contribution >= 4 is 23.4 Å². The highest BCUT2D eigenvalue weighted by Gasteiger charge is 2.15. The van der Waals surface area contributed by atoms with Crippen LogP contribution in [0.1, 0.15) is 20.8 Å². The van der Waals surface area contributed by atoms with Gasteiger partial charge in [-0.3, -0.25) is 4.79 Å². The summed E-state index contributed by atoms with van der Waals surface area (Å²) in [5, 5.41) is 21.8. The average molecular weight is 275 g/mol. The second-order valence-electron chi connectivity index (χ2n) is 3.85. The van der Waals surface area contributed by atoms with E-state index in [-0.39, 0.29) is 22.8 Å². The van der Waals surface area contributed by atoms with Gasteiger partial charge in [-0.15, -0.1) is 0 Å². The zero-order chi connectivity index (χ0) is 14.7. The minimum Gasteiger partial charge on any atom is -0.478 e. The van der Waals surface area contributed by atoms with Crippen molar-refractivity contribution in [2.24, 2.45) is 0 Å². The quantitative estimate of drug-likeness (QED) is 0.580. The van der Waals surface area contributed by atoms with Crippen LogP contribution >= 0.6 is 0 Å². The summed E-state index contributed by atoms with van der Waals surface area (Å²) < 4.78 is 0. The number of aromatic amines is 1. The summed E-state index contributed by atoms with van der Waals surface area (Å²) in [5.41, 5.74) is 0.324. The third-order valence-corrected chi connectivity index (χ3v) is 2.48. The van der Waals surface area contributed by atoms with Gasteiger partial charge in [-0.25, -0.2) is 9.78 Å². The molecule has 8 heteroatoms. The molecule has 3 N–H and O–H groups in total. The van der Waals surface area contributed by atoms with Gasteiger partial charge in [0.25, 0.3) is 5.91 Å². The van der Waals surface area contributed by atoms with Gasteiger partial charge in [-0.05, 0) is 29.2 Å². The number of H-pyrrole nitrogens is 1. The molecule has 0 saturated heterocycles. The first-order valence-electron chi connectivity index (χ1n) is 5.45. The molecule has 2 aromatic rings. The van der Waals surface area contributed by atoms with Gasteiger partial charge in [0.05, 0.1) is 5.56 Å². The highest BCUT2D eigenvalue weighted by Crippen LogP contribution is 2.14. The number of nitrogens with one attached hydrogen (secondary N) is 2. The van der Waals surface area contributed by atoms with Gasteiger partial charge in [-0.2, -0.15) is 0 Å². The molecule has 1 heterocycles. The topological polar surface area (TPSA) is 125 Å². The van der Waals surface area contributed by atoms with Crippen molar-refractivity contribution in [3.63, 3.8) is 0 Å². The predicted molar refractivity (Wildman–Crippen MR) is 68.8 cm³/mol. The van der Waals surface area contributed by atoms with E-state index in [9.17, 15) is 19.7 Å². The van der Waals surface area contributed by atoms with E-state index in [2.05, 4.69) is 10.3 Å². The molecule has 1 aromatic heterocycles. The van der Waals surface area contributed by atoms with Crippen molar-refractivity contribution in [2.75, 3.05) is 5.32 Å². The summed E-state index contributed by atoms with van der Waals surface area (Å²) in [6.07, 6.45) is 0. The summed E-state index contributed by atoms with van der Waals surface area (Å²) in [6, 6.07) is 8.12. The van der Waals surface area contributed by atoms with Crippen molar-refractivity contribution in [2.45, 2.75) is 0 Å². The number of amides is 1. The highest BCUT2D eigenvalue weighted by atomic mass is 16.6. The molecule has 20 heavy (non-hydrogen) atoms. The molecule has 0 spiro atoms. The first kappa shape index (κ1) is 13.3.